The summed E-state index contributed by atoms with van der Waals surface area (Å²) in [5.74, 6) is -1.55. The minimum atomic E-state index is -4.82. The molecule has 0 radical (unpaired) electrons. The van der Waals surface area contributed by atoms with Gasteiger partial charge in [-0.25, -0.2) is 0 Å². The molecule has 0 aliphatic carbocycles. The highest BCUT2D eigenvalue weighted by molar-refractivity contribution is 6.04. The number of halogens is 3. The normalized spacial score (nSPS) is 17.2. The lowest BCUT2D eigenvalue weighted by Gasteiger charge is -2.29. The molecule has 3 aromatic rings. The number of rotatable bonds is 6. The van der Waals surface area contributed by atoms with Crippen LogP contribution in [-0.4, -0.2) is 47.5 Å². The highest BCUT2D eigenvalue weighted by Crippen LogP contribution is 2.35. The van der Waals surface area contributed by atoms with Crippen molar-refractivity contribution in [3.8, 4) is 0 Å². The quantitative estimate of drug-likeness (QED) is 0.605. The topological polar surface area (TPSA) is 85.4 Å². The van der Waals surface area contributed by atoms with E-state index in [-0.39, 0.29) is 6.01 Å². The number of anilines is 2. The minimum Gasteiger partial charge on any atom is -0.417 e. The molecule has 1 amide bonds. The van der Waals surface area contributed by atoms with E-state index in [4.69, 9.17) is 9.15 Å². The predicted molar refractivity (Wildman–Crippen MR) is 112 cm³/mol. The van der Waals surface area contributed by atoms with Gasteiger partial charge in [0.1, 0.15) is 0 Å². The van der Waals surface area contributed by atoms with Gasteiger partial charge in [-0.05, 0) is 37.0 Å². The lowest BCUT2D eigenvalue weighted by atomic mass is 10.0. The van der Waals surface area contributed by atoms with E-state index in [1.165, 1.54) is 0 Å². The van der Waals surface area contributed by atoms with Crippen LogP contribution in [0.5, 0.6) is 0 Å². The lowest BCUT2D eigenvalue weighted by Crippen LogP contribution is -2.34. The molecule has 1 fully saturated rings. The van der Waals surface area contributed by atoms with Crippen molar-refractivity contribution >= 4 is 28.5 Å². The average molecular weight is 451 g/mol. The van der Waals surface area contributed by atoms with Crippen molar-refractivity contribution in [3.05, 3.63) is 35.9 Å². The van der Waals surface area contributed by atoms with E-state index in [1.807, 2.05) is 6.92 Å². The third-order valence-electron chi connectivity index (χ3n) is 5.35. The number of methoxy groups -OCH3 is 1. The fraction of sp³-hybridized carbons (Fsp3) is 0.476. The summed E-state index contributed by atoms with van der Waals surface area (Å²) in [6, 6.07) is 4.72. The summed E-state index contributed by atoms with van der Waals surface area (Å²) >= 11 is 0. The average Bonchev–Trinajstić information content (AvgIpc) is 3.36. The molecule has 1 saturated heterocycles. The number of oxazole rings is 1. The number of nitrogens with zero attached hydrogens (tertiary/aromatic N) is 4. The van der Waals surface area contributed by atoms with Gasteiger partial charge in [0.15, 0.2) is 5.69 Å². The number of alkyl halides is 3. The van der Waals surface area contributed by atoms with E-state index >= 15 is 0 Å². The SMILES string of the molecule is COCCn1cc2cc(NC(=O)c3oc(N4CCCC(C)C4)nc3C(F)(F)F)ccc2n1. The standard InChI is InChI=1S/C21H24F3N5O3/c1-13-4-3-7-28(11-13)20-26-18(21(22,23)24)17(32-20)19(30)25-15-5-6-16-14(10-15)12-29(27-16)8-9-31-2/h5-6,10,12-13H,3-4,7-9,11H2,1-2H3,(H,25,30). The van der Waals surface area contributed by atoms with Crippen LogP contribution in [0.15, 0.2) is 28.8 Å². The molecule has 2 aromatic heterocycles. The summed E-state index contributed by atoms with van der Waals surface area (Å²) in [7, 11) is 1.59. The van der Waals surface area contributed by atoms with Crippen molar-refractivity contribution in [2.24, 2.45) is 5.92 Å². The molecule has 3 heterocycles. The zero-order chi connectivity index (χ0) is 22.9. The molecular weight excluding hydrogens is 427 g/mol. The second kappa shape index (κ2) is 8.81. The Hall–Kier alpha value is -3.08. The Balaban J connectivity index is 1.58. The van der Waals surface area contributed by atoms with Gasteiger partial charge < -0.3 is 19.4 Å². The van der Waals surface area contributed by atoms with Crippen LogP contribution in [0, 0.1) is 5.92 Å². The van der Waals surface area contributed by atoms with Crippen LogP contribution in [-0.2, 0) is 17.5 Å². The number of piperidine rings is 1. The first-order chi connectivity index (χ1) is 15.2. The number of amides is 1. The molecule has 1 aliphatic heterocycles. The predicted octanol–water partition coefficient (Wildman–Crippen LogP) is 4.18. The van der Waals surface area contributed by atoms with Crippen LogP contribution in [0.2, 0.25) is 0 Å². The molecule has 11 heteroatoms. The molecular formula is C21H24F3N5O3. The molecule has 1 unspecified atom stereocenters. The Morgan fingerprint density at radius 1 is 1.38 bits per heavy atom. The largest absolute Gasteiger partial charge is 0.437 e. The third-order valence-corrected chi connectivity index (χ3v) is 5.35. The summed E-state index contributed by atoms with van der Waals surface area (Å²) in [5.41, 5.74) is -0.306. The Morgan fingerprint density at radius 2 is 2.19 bits per heavy atom. The monoisotopic (exact) mass is 451 g/mol. The van der Waals surface area contributed by atoms with Gasteiger partial charge in [-0.1, -0.05) is 6.92 Å². The highest BCUT2D eigenvalue weighted by atomic mass is 19.4. The second-order valence-corrected chi connectivity index (χ2v) is 7.98. The van der Waals surface area contributed by atoms with E-state index in [0.717, 1.165) is 18.2 Å². The van der Waals surface area contributed by atoms with E-state index in [1.54, 1.807) is 41.1 Å². The Bertz CT molecular complexity index is 1110. The van der Waals surface area contributed by atoms with Gasteiger partial charge in [0.05, 0.1) is 18.7 Å². The van der Waals surface area contributed by atoms with E-state index in [2.05, 4.69) is 15.4 Å². The van der Waals surface area contributed by atoms with E-state index in [9.17, 15) is 18.0 Å². The third kappa shape index (κ3) is 4.72. The maximum Gasteiger partial charge on any atom is 0.437 e. The Kier molecular flexibility index (Phi) is 6.09. The van der Waals surface area contributed by atoms with Crippen LogP contribution in [0.3, 0.4) is 0 Å². The van der Waals surface area contributed by atoms with Crippen molar-refractivity contribution in [1.82, 2.24) is 14.8 Å². The summed E-state index contributed by atoms with van der Waals surface area (Å²) in [6.45, 7) is 4.12. The smallest absolute Gasteiger partial charge is 0.417 e. The Morgan fingerprint density at radius 3 is 2.91 bits per heavy atom. The van der Waals surface area contributed by atoms with Crippen molar-refractivity contribution < 1.29 is 27.1 Å². The number of aromatic nitrogens is 3. The fourth-order valence-corrected chi connectivity index (χ4v) is 3.80. The van der Waals surface area contributed by atoms with Gasteiger partial charge >= 0.3 is 6.18 Å². The van der Waals surface area contributed by atoms with Gasteiger partial charge in [-0.3, -0.25) is 9.48 Å². The molecule has 1 aromatic carbocycles. The molecule has 1 atom stereocenters. The number of benzene rings is 1. The molecule has 0 bridgehead atoms. The van der Waals surface area contributed by atoms with Gasteiger partial charge in [-0.15, -0.1) is 0 Å². The van der Waals surface area contributed by atoms with Crippen LogP contribution in [0.1, 0.15) is 36.0 Å². The zero-order valence-corrected chi connectivity index (χ0v) is 17.8. The first-order valence-electron chi connectivity index (χ1n) is 10.3. The molecule has 1 N–H and O–H groups in total. The van der Waals surface area contributed by atoms with Crippen LogP contribution >= 0.6 is 0 Å². The fourth-order valence-electron chi connectivity index (χ4n) is 3.80. The highest BCUT2D eigenvalue weighted by Gasteiger charge is 2.42. The van der Waals surface area contributed by atoms with E-state index < -0.39 is 23.5 Å². The van der Waals surface area contributed by atoms with Gasteiger partial charge in [0.2, 0.25) is 5.76 Å². The number of fused-ring (bicyclic) bond motifs is 1. The van der Waals surface area contributed by atoms with Crippen molar-refractivity contribution in [2.75, 3.05) is 37.0 Å². The summed E-state index contributed by atoms with van der Waals surface area (Å²) < 4.78 is 52.8. The number of hydrogen-bond donors (Lipinski definition) is 1. The lowest BCUT2D eigenvalue weighted by molar-refractivity contribution is -0.141. The molecule has 4 rings (SSSR count). The number of carbonyl (C=O) groups excluding carboxylic acids is 1. The molecule has 8 nitrogen and oxygen atoms in total. The maximum atomic E-state index is 13.6. The number of carbonyl (C=O) groups is 1. The van der Waals surface area contributed by atoms with Gasteiger partial charge in [-0.2, -0.15) is 23.3 Å². The summed E-state index contributed by atoms with van der Waals surface area (Å²) in [4.78, 5) is 18.0. The number of ether oxygens (including phenoxy) is 1. The van der Waals surface area contributed by atoms with Crippen LogP contribution < -0.4 is 10.2 Å². The zero-order valence-electron chi connectivity index (χ0n) is 17.8. The molecule has 32 heavy (non-hydrogen) atoms. The van der Waals surface area contributed by atoms with Crippen LogP contribution in [0.25, 0.3) is 10.9 Å². The minimum absolute atomic E-state index is 0.177. The number of hydrogen-bond acceptors (Lipinski definition) is 6. The first-order valence-corrected chi connectivity index (χ1v) is 10.3. The Labute approximate surface area is 182 Å². The van der Waals surface area contributed by atoms with Crippen molar-refractivity contribution in [2.45, 2.75) is 32.5 Å². The van der Waals surface area contributed by atoms with Gasteiger partial charge in [0, 0.05) is 37.5 Å². The summed E-state index contributed by atoms with van der Waals surface area (Å²) in [6.07, 6.45) is -1.23. The molecule has 0 spiro atoms. The summed E-state index contributed by atoms with van der Waals surface area (Å²) in [5, 5.41) is 7.60. The molecule has 0 saturated carbocycles. The maximum absolute atomic E-state index is 13.6. The number of nitrogens with one attached hydrogen (secondary N) is 1. The molecule has 172 valence electrons. The van der Waals surface area contributed by atoms with Crippen molar-refractivity contribution in [1.29, 1.82) is 0 Å². The van der Waals surface area contributed by atoms with E-state index in [0.29, 0.717) is 43.4 Å². The van der Waals surface area contributed by atoms with Gasteiger partial charge in [0.25, 0.3) is 11.9 Å². The molecule has 1 aliphatic rings. The second-order valence-electron chi connectivity index (χ2n) is 7.98. The first kappa shape index (κ1) is 22.1. The van der Waals surface area contributed by atoms with Crippen molar-refractivity contribution in [3.63, 3.8) is 0 Å². The van der Waals surface area contributed by atoms with Crippen LogP contribution in [0.4, 0.5) is 24.9 Å².